The van der Waals surface area contributed by atoms with Crippen LogP contribution in [0.15, 0.2) is 36.4 Å². The Morgan fingerprint density at radius 3 is 2.70 bits per heavy atom. The number of hydrogen-bond acceptors (Lipinski definition) is 6. The van der Waals surface area contributed by atoms with E-state index in [-0.39, 0.29) is 18.9 Å². The average Bonchev–Trinajstić information content (AvgIpc) is 3.39. The Labute approximate surface area is 175 Å². The third-order valence-corrected chi connectivity index (χ3v) is 5.25. The lowest BCUT2D eigenvalue weighted by molar-refractivity contribution is -0.148. The van der Waals surface area contributed by atoms with Crippen molar-refractivity contribution in [3.63, 3.8) is 0 Å². The van der Waals surface area contributed by atoms with Crippen LogP contribution in [0.1, 0.15) is 64.0 Å². The predicted octanol–water partition coefficient (Wildman–Crippen LogP) is 5.11. The van der Waals surface area contributed by atoms with Crippen molar-refractivity contribution >= 4 is 17.0 Å². The van der Waals surface area contributed by atoms with Gasteiger partial charge in [0.05, 0.1) is 5.69 Å². The van der Waals surface area contributed by atoms with Crippen LogP contribution in [0.4, 0.5) is 0 Å². The number of nitrogens with zero attached hydrogens (tertiary/aromatic N) is 3. The van der Waals surface area contributed by atoms with Gasteiger partial charge in [-0.2, -0.15) is 4.80 Å². The van der Waals surface area contributed by atoms with Gasteiger partial charge in [0.1, 0.15) is 17.1 Å². The Balaban J connectivity index is 1.41. The Morgan fingerprint density at radius 1 is 1.03 bits per heavy atom. The van der Waals surface area contributed by atoms with Gasteiger partial charge in [-0.05, 0) is 43.2 Å². The highest BCUT2D eigenvalue weighted by atomic mass is 16.7. The molecular formula is C23H27N3O4. The zero-order valence-corrected chi connectivity index (χ0v) is 17.5. The number of hydrogen-bond donors (Lipinski definition) is 0. The van der Waals surface area contributed by atoms with Crippen molar-refractivity contribution in [3.05, 3.63) is 42.0 Å². The van der Waals surface area contributed by atoms with Crippen LogP contribution < -0.4 is 9.47 Å². The minimum Gasteiger partial charge on any atom is -0.458 e. The zero-order valence-electron chi connectivity index (χ0n) is 17.5. The molecule has 0 N–H and O–H groups in total. The molecule has 7 nitrogen and oxygen atoms in total. The summed E-state index contributed by atoms with van der Waals surface area (Å²) in [5, 5.41) is 9.11. The number of carbonyl (C=O) groups is 1. The first-order valence-corrected chi connectivity index (χ1v) is 10.6. The molecule has 0 saturated heterocycles. The van der Waals surface area contributed by atoms with Crippen LogP contribution in [0.25, 0.3) is 16.7 Å². The van der Waals surface area contributed by atoms with E-state index in [2.05, 4.69) is 17.1 Å². The maximum absolute atomic E-state index is 12.1. The third kappa shape index (κ3) is 4.56. The van der Waals surface area contributed by atoms with Crippen LogP contribution in [0.3, 0.4) is 0 Å². The predicted molar refractivity (Wildman–Crippen MR) is 113 cm³/mol. The molecule has 1 aromatic heterocycles. The van der Waals surface area contributed by atoms with Crippen molar-refractivity contribution in [3.8, 4) is 17.2 Å². The van der Waals surface area contributed by atoms with Gasteiger partial charge < -0.3 is 14.2 Å². The second kappa shape index (κ2) is 9.15. The summed E-state index contributed by atoms with van der Waals surface area (Å²) in [5.74, 6) is 1.26. The number of carbonyl (C=O) groups excluding carboxylic acids is 1. The van der Waals surface area contributed by atoms with Crippen LogP contribution in [0.2, 0.25) is 0 Å². The Bertz CT molecular complexity index is 1030. The molecule has 7 heteroatoms. The number of fused-ring (bicyclic) bond motifs is 2. The Hall–Kier alpha value is -3.09. The first-order valence-electron chi connectivity index (χ1n) is 10.6. The molecule has 0 bridgehead atoms. The summed E-state index contributed by atoms with van der Waals surface area (Å²) in [6.45, 7) is 4.30. The second-order valence-electron chi connectivity index (χ2n) is 7.57. The van der Waals surface area contributed by atoms with Crippen LogP contribution >= 0.6 is 0 Å². The average molecular weight is 409 g/mol. The van der Waals surface area contributed by atoms with Gasteiger partial charge in [-0.3, -0.25) is 4.79 Å². The van der Waals surface area contributed by atoms with E-state index in [9.17, 15) is 4.79 Å². The fourth-order valence-corrected chi connectivity index (χ4v) is 3.51. The van der Waals surface area contributed by atoms with E-state index in [1.54, 1.807) is 4.80 Å². The maximum atomic E-state index is 12.1. The fourth-order valence-electron chi connectivity index (χ4n) is 3.51. The summed E-state index contributed by atoms with van der Waals surface area (Å²) in [4.78, 5) is 13.7. The standard InChI is InChI=1S/C23H27N3O4/c1-3-4-5-6-7-8-23(27)30-16(2)17-9-11-19-20(13-17)25-26(24-19)18-10-12-21-22(14-18)29-15-28-21/h9-14,16H,3-8,15H2,1-2H3. The number of esters is 1. The van der Waals surface area contributed by atoms with E-state index < -0.39 is 0 Å². The number of unbranched alkanes of at least 4 members (excludes halogenated alkanes) is 4. The number of aromatic nitrogens is 3. The fraction of sp³-hybridized carbons (Fsp3) is 0.435. The maximum Gasteiger partial charge on any atom is 0.306 e. The lowest BCUT2D eigenvalue weighted by Gasteiger charge is -2.13. The smallest absolute Gasteiger partial charge is 0.306 e. The van der Waals surface area contributed by atoms with Crippen molar-refractivity contribution in [2.75, 3.05) is 6.79 Å². The minimum absolute atomic E-state index is 0.150. The van der Waals surface area contributed by atoms with Crippen molar-refractivity contribution in [2.24, 2.45) is 0 Å². The monoisotopic (exact) mass is 409 g/mol. The van der Waals surface area contributed by atoms with Gasteiger partial charge in [0.2, 0.25) is 6.79 Å². The van der Waals surface area contributed by atoms with Gasteiger partial charge in [-0.15, -0.1) is 10.2 Å². The van der Waals surface area contributed by atoms with Crippen LogP contribution in [-0.2, 0) is 9.53 Å². The molecule has 1 unspecified atom stereocenters. The van der Waals surface area contributed by atoms with E-state index in [4.69, 9.17) is 14.2 Å². The molecule has 0 radical (unpaired) electrons. The molecule has 4 rings (SSSR count). The molecule has 0 aliphatic carbocycles. The normalized spacial score (nSPS) is 13.5. The molecular weight excluding hydrogens is 382 g/mol. The molecule has 0 amide bonds. The lowest BCUT2D eigenvalue weighted by atomic mass is 10.1. The second-order valence-corrected chi connectivity index (χ2v) is 7.57. The molecule has 1 aliphatic heterocycles. The topological polar surface area (TPSA) is 75.5 Å². The van der Waals surface area contributed by atoms with Gasteiger partial charge in [0.25, 0.3) is 0 Å². The zero-order chi connectivity index (χ0) is 20.9. The quantitative estimate of drug-likeness (QED) is 0.361. The molecule has 0 fully saturated rings. The van der Waals surface area contributed by atoms with Crippen LogP contribution in [0, 0.1) is 0 Å². The molecule has 2 aromatic carbocycles. The summed E-state index contributed by atoms with van der Waals surface area (Å²) in [7, 11) is 0. The van der Waals surface area contributed by atoms with Gasteiger partial charge in [-0.1, -0.05) is 38.7 Å². The van der Waals surface area contributed by atoms with Crippen molar-refractivity contribution in [1.29, 1.82) is 0 Å². The van der Waals surface area contributed by atoms with Gasteiger partial charge in [0.15, 0.2) is 11.5 Å². The van der Waals surface area contributed by atoms with Gasteiger partial charge >= 0.3 is 5.97 Å². The summed E-state index contributed by atoms with van der Waals surface area (Å²) < 4.78 is 16.4. The highest BCUT2D eigenvalue weighted by molar-refractivity contribution is 5.75. The molecule has 158 valence electrons. The molecule has 30 heavy (non-hydrogen) atoms. The van der Waals surface area contributed by atoms with E-state index in [1.165, 1.54) is 19.3 Å². The highest BCUT2D eigenvalue weighted by Crippen LogP contribution is 2.33. The largest absolute Gasteiger partial charge is 0.458 e. The summed E-state index contributed by atoms with van der Waals surface area (Å²) >= 11 is 0. The SMILES string of the molecule is CCCCCCCC(=O)OC(C)c1ccc2nn(-c3ccc4c(c3)OCO4)nc2c1. The van der Waals surface area contributed by atoms with Crippen molar-refractivity contribution in [2.45, 2.75) is 58.5 Å². The summed E-state index contributed by atoms with van der Waals surface area (Å²) in [6, 6.07) is 11.3. The molecule has 1 aliphatic rings. The van der Waals surface area contributed by atoms with Crippen LogP contribution in [0.5, 0.6) is 11.5 Å². The first-order chi connectivity index (χ1) is 14.6. The molecule has 0 saturated carbocycles. The van der Waals surface area contributed by atoms with Crippen LogP contribution in [-0.4, -0.2) is 27.8 Å². The molecule has 0 spiro atoms. The Kier molecular flexibility index (Phi) is 6.16. The number of ether oxygens (including phenoxy) is 3. The van der Waals surface area contributed by atoms with E-state index >= 15 is 0 Å². The van der Waals surface area contributed by atoms with Crippen molar-refractivity contribution < 1.29 is 19.0 Å². The van der Waals surface area contributed by atoms with Gasteiger partial charge in [0, 0.05) is 12.5 Å². The van der Waals surface area contributed by atoms with E-state index in [0.29, 0.717) is 12.2 Å². The van der Waals surface area contributed by atoms with Gasteiger partial charge in [-0.25, -0.2) is 0 Å². The minimum atomic E-state index is -0.326. The lowest BCUT2D eigenvalue weighted by Crippen LogP contribution is -2.08. The molecule has 1 atom stereocenters. The Morgan fingerprint density at radius 2 is 1.83 bits per heavy atom. The number of rotatable bonds is 9. The summed E-state index contributed by atoms with van der Waals surface area (Å²) in [5.41, 5.74) is 3.21. The molecule has 3 aromatic rings. The highest BCUT2D eigenvalue weighted by Gasteiger charge is 2.16. The summed E-state index contributed by atoms with van der Waals surface area (Å²) in [6.07, 6.45) is 5.70. The third-order valence-electron chi connectivity index (χ3n) is 5.25. The van der Waals surface area contributed by atoms with E-state index in [1.807, 2.05) is 43.3 Å². The van der Waals surface area contributed by atoms with Crippen molar-refractivity contribution in [1.82, 2.24) is 15.0 Å². The van der Waals surface area contributed by atoms with E-state index in [0.717, 1.165) is 40.9 Å². The first kappa shape index (κ1) is 20.2. The molecule has 2 heterocycles. The number of benzene rings is 2.